The molecule has 2 heterocycles. The van der Waals surface area contributed by atoms with Crippen molar-refractivity contribution in [3.63, 3.8) is 0 Å². The first-order valence-electron chi connectivity index (χ1n) is 8.52. The van der Waals surface area contributed by atoms with Crippen molar-refractivity contribution in [1.29, 1.82) is 0 Å². The largest absolute Gasteiger partial charge is 0.508 e. The highest BCUT2D eigenvalue weighted by molar-refractivity contribution is 5.95. The summed E-state index contributed by atoms with van der Waals surface area (Å²) in [7, 11) is 0. The van der Waals surface area contributed by atoms with Crippen LogP contribution in [-0.4, -0.2) is 52.9 Å². The van der Waals surface area contributed by atoms with Crippen molar-refractivity contribution >= 4 is 11.8 Å². The third kappa shape index (κ3) is 3.66. The lowest BCUT2D eigenvalue weighted by Gasteiger charge is -2.36. The van der Waals surface area contributed by atoms with E-state index in [0.717, 1.165) is 38.8 Å². The summed E-state index contributed by atoms with van der Waals surface area (Å²) in [6.07, 6.45) is 5.10. The minimum atomic E-state index is -0.1000. The average molecular weight is 316 g/mol. The lowest BCUT2D eigenvalue weighted by atomic mass is 9.95. The average Bonchev–Trinajstić information content (AvgIpc) is 2.61. The molecule has 1 N–H and O–H groups in total. The zero-order valence-corrected chi connectivity index (χ0v) is 13.4. The molecule has 0 bridgehead atoms. The number of piperidine rings is 2. The molecule has 5 nitrogen and oxygen atoms in total. The fourth-order valence-electron chi connectivity index (χ4n) is 3.56. The van der Waals surface area contributed by atoms with Gasteiger partial charge in [0.25, 0.3) is 5.91 Å². The second kappa shape index (κ2) is 7.02. The highest BCUT2D eigenvalue weighted by Gasteiger charge is 2.32. The first-order chi connectivity index (χ1) is 11.1. The molecule has 2 saturated heterocycles. The molecule has 124 valence electrons. The fourth-order valence-corrected chi connectivity index (χ4v) is 3.56. The molecular weight excluding hydrogens is 292 g/mol. The Morgan fingerprint density at radius 1 is 1.00 bits per heavy atom. The number of hydrogen-bond donors (Lipinski definition) is 1. The molecule has 0 aliphatic carbocycles. The molecule has 0 saturated carbocycles. The maximum Gasteiger partial charge on any atom is 0.254 e. The summed E-state index contributed by atoms with van der Waals surface area (Å²) in [6.45, 7) is 2.88. The van der Waals surface area contributed by atoms with Crippen LogP contribution in [-0.2, 0) is 4.79 Å². The van der Waals surface area contributed by atoms with Gasteiger partial charge in [0.15, 0.2) is 0 Å². The van der Waals surface area contributed by atoms with Crippen LogP contribution in [0, 0.1) is 5.92 Å². The number of amides is 2. The first kappa shape index (κ1) is 15.8. The Labute approximate surface area is 136 Å². The zero-order valence-electron chi connectivity index (χ0n) is 13.4. The quantitative estimate of drug-likeness (QED) is 0.910. The van der Waals surface area contributed by atoms with Crippen molar-refractivity contribution in [2.24, 2.45) is 5.92 Å². The van der Waals surface area contributed by atoms with Gasteiger partial charge in [-0.1, -0.05) is 6.07 Å². The summed E-state index contributed by atoms with van der Waals surface area (Å²) < 4.78 is 0. The molecule has 0 spiro atoms. The number of nitrogens with zero attached hydrogens (tertiary/aromatic N) is 2. The van der Waals surface area contributed by atoms with Crippen molar-refractivity contribution < 1.29 is 14.7 Å². The van der Waals surface area contributed by atoms with Crippen LogP contribution < -0.4 is 0 Å². The highest BCUT2D eigenvalue weighted by Crippen LogP contribution is 2.23. The van der Waals surface area contributed by atoms with Gasteiger partial charge in [-0.05, 0) is 50.3 Å². The number of carbonyl (C=O) groups is 2. The summed E-state index contributed by atoms with van der Waals surface area (Å²) in [6, 6.07) is 6.41. The smallest absolute Gasteiger partial charge is 0.254 e. The van der Waals surface area contributed by atoms with Gasteiger partial charge < -0.3 is 14.9 Å². The SMILES string of the molecule is O=C(c1cccc(O)c1)N1CCCC(C(=O)N2CCCCC2)C1. The summed E-state index contributed by atoms with van der Waals surface area (Å²) in [5.41, 5.74) is 0.482. The van der Waals surface area contributed by atoms with E-state index in [4.69, 9.17) is 0 Å². The molecule has 1 atom stereocenters. The second-order valence-electron chi connectivity index (χ2n) is 6.53. The molecule has 5 heteroatoms. The van der Waals surface area contributed by atoms with Crippen molar-refractivity contribution in [3.8, 4) is 5.75 Å². The van der Waals surface area contributed by atoms with Crippen molar-refractivity contribution in [1.82, 2.24) is 9.80 Å². The molecule has 3 rings (SSSR count). The van der Waals surface area contributed by atoms with Gasteiger partial charge in [-0.3, -0.25) is 9.59 Å². The molecule has 0 radical (unpaired) electrons. The van der Waals surface area contributed by atoms with Crippen LogP contribution in [0.4, 0.5) is 0 Å². The Morgan fingerprint density at radius 3 is 2.48 bits per heavy atom. The van der Waals surface area contributed by atoms with Gasteiger partial charge in [-0.2, -0.15) is 0 Å². The van der Waals surface area contributed by atoms with Crippen LogP contribution in [0.25, 0.3) is 0 Å². The number of benzene rings is 1. The van der Waals surface area contributed by atoms with E-state index < -0.39 is 0 Å². The molecule has 2 amide bonds. The lowest BCUT2D eigenvalue weighted by molar-refractivity contribution is -0.137. The first-order valence-corrected chi connectivity index (χ1v) is 8.52. The van der Waals surface area contributed by atoms with E-state index in [2.05, 4.69) is 0 Å². The molecule has 1 aromatic rings. The molecule has 0 aromatic heterocycles. The number of hydrogen-bond acceptors (Lipinski definition) is 3. The Balaban J connectivity index is 1.65. The number of rotatable bonds is 2. The summed E-state index contributed by atoms with van der Waals surface area (Å²) >= 11 is 0. The van der Waals surface area contributed by atoms with E-state index in [9.17, 15) is 14.7 Å². The monoisotopic (exact) mass is 316 g/mol. The molecule has 2 fully saturated rings. The normalized spacial score (nSPS) is 22.0. The van der Waals surface area contributed by atoms with Gasteiger partial charge in [0.05, 0.1) is 5.92 Å². The fraction of sp³-hybridized carbons (Fsp3) is 0.556. The predicted molar refractivity (Wildman–Crippen MR) is 87.2 cm³/mol. The second-order valence-corrected chi connectivity index (χ2v) is 6.53. The minimum absolute atomic E-state index is 0.0805. The maximum atomic E-state index is 12.7. The number of phenols is 1. The van der Waals surface area contributed by atoms with E-state index in [1.54, 1.807) is 23.1 Å². The van der Waals surface area contributed by atoms with Gasteiger partial charge in [0, 0.05) is 31.7 Å². The molecule has 2 aliphatic heterocycles. The zero-order chi connectivity index (χ0) is 16.2. The Morgan fingerprint density at radius 2 is 1.74 bits per heavy atom. The number of aromatic hydroxyl groups is 1. The number of carbonyl (C=O) groups excluding carboxylic acids is 2. The highest BCUT2D eigenvalue weighted by atomic mass is 16.3. The molecule has 23 heavy (non-hydrogen) atoms. The molecular formula is C18H24N2O3. The van der Waals surface area contributed by atoms with Crippen molar-refractivity contribution in [3.05, 3.63) is 29.8 Å². The van der Waals surface area contributed by atoms with Crippen molar-refractivity contribution in [2.45, 2.75) is 32.1 Å². The topological polar surface area (TPSA) is 60.9 Å². The van der Waals surface area contributed by atoms with Gasteiger partial charge in [-0.25, -0.2) is 0 Å². The molecule has 1 aromatic carbocycles. The Hall–Kier alpha value is -2.04. The minimum Gasteiger partial charge on any atom is -0.508 e. The molecule has 2 aliphatic rings. The Kier molecular flexibility index (Phi) is 4.84. The summed E-state index contributed by atoms with van der Waals surface area (Å²) in [4.78, 5) is 29.0. The van der Waals surface area contributed by atoms with E-state index in [1.807, 2.05) is 4.90 Å². The van der Waals surface area contributed by atoms with Crippen LogP contribution in [0.15, 0.2) is 24.3 Å². The summed E-state index contributed by atoms with van der Waals surface area (Å²) in [5, 5.41) is 9.54. The predicted octanol–water partition coefficient (Wildman–Crippen LogP) is 2.26. The van der Waals surface area contributed by atoms with Crippen LogP contribution in [0.1, 0.15) is 42.5 Å². The van der Waals surface area contributed by atoms with Gasteiger partial charge in [0.2, 0.25) is 5.91 Å². The van der Waals surface area contributed by atoms with Crippen LogP contribution >= 0.6 is 0 Å². The van der Waals surface area contributed by atoms with E-state index in [1.165, 1.54) is 12.5 Å². The third-order valence-electron chi connectivity index (χ3n) is 4.82. The Bertz CT molecular complexity index is 581. The van der Waals surface area contributed by atoms with Crippen LogP contribution in [0.2, 0.25) is 0 Å². The van der Waals surface area contributed by atoms with Crippen LogP contribution in [0.3, 0.4) is 0 Å². The van der Waals surface area contributed by atoms with Crippen molar-refractivity contribution in [2.75, 3.05) is 26.2 Å². The van der Waals surface area contributed by atoms with E-state index in [-0.39, 0.29) is 23.5 Å². The standard InChI is InChI=1S/C18H24N2O3/c21-16-8-4-6-14(12-16)17(22)20-11-5-7-15(13-20)18(23)19-9-2-1-3-10-19/h4,6,8,12,15,21H,1-3,5,7,9-11,13H2. The summed E-state index contributed by atoms with van der Waals surface area (Å²) in [5.74, 6) is 0.118. The van der Waals surface area contributed by atoms with Gasteiger partial charge in [-0.15, -0.1) is 0 Å². The third-order valence-corrected chi connectivity index (χ3v) is 4.82. The number of likely N-dealkylation sites (tertiary alicyclic amines) is 2. The molecule has 1 unspecified atom stereocenters. The van der Waals surface area contributed by atoms with E-state index >= 15 is 0 Å². The number of phenolic OH excluding ortho intramolecular Hbond substituents is 1. The van der Waals surface area contributed by atoms with Crippen LogP contribution in [0.5, 0.6) is 5.75 Å². The van der Waals surface area contributed by atoms with E-state index in [0.29, 0.717) is 18.7 Å². The maximum absolute atomic E-state index is 12.7. The van der Waals surface area contributed by atoms with Gasteiger partial charge in [0.1, 0.15) is 5.75 Å². The van der Waals surface area contributed by atoms with Gasteiger partial charge >= 0.3 is 0 Å². The lowest BCUT2D eigenvalue weighted by Crippen LogP contribution is -2.47.